The summed E-state index contributed by atoms with van der Waals surface area (Å²) in [6.07, 6.45) is 2.48. The molecule has 0 amide bonds. The molecule has 6 nitrogen and oxygen atoms in total. The molecule has 2 aromatic carbocycles. The van der Waals surface area contributed by atoms with Gasteiger partial charge in [-0.05, 0) is 76.4 Å². The fourth-order valence-corrected chi connectivity index (χ4v) is 3.14. The summed E-state index contributed by atoms with van der Waals surface area (Å²) >= 11 is 0. The van der Waals surface area contributed by atoms with Gasteiger partial charge in [-0.15, -0.1) is 0 Å². The Morgan fingerprint density at radius 1 is 0.625 bits per heavy atom. The molecule has 0 heterocycles. The summed E-state index contributed by atoms with van der Waals surface area (Å²) in [6.45, 7) is 2.34. The minimum Gasteiger partial charge on any atom is -0.461 e. The number of carbonyl (C=O) groups excluding carboxylic acids is 2. The maximum absolute atomic E-state index is 11.8. The summed E-state index contributed by atoms with van der Waals surface area (Å²) < 4.78 is 10.7. The number of hydrogen-bond donors (Lipinski definition) is 0. The molecule has 0 atom stereocenters. The fraction of sp³-hybridized carbons (Fsp3) is 0.462. The molecule has 0 unspecified atom stereocenters. The van der Waals surface area contributed by atoms with Crippen LogP contribution in [0.3, 0.4) is 0 Å². The molecule has 2 rings (SSSR count). The highest BCUT2D eigenvalue weighted by atomic mass is 16.5. The minimum atomic E-state index is -0.162. The highest BCUT2D eigenvalue weighted by Crippen LogP contribution is 2.21. The summed E-state index contributed by atoms with van der Waals surface area (Å²) in [7, 11) is 7.96. The Morgan fingerprint density at radius 3 is 1.28 bits per heavy atom. The van der Waals surface area contributed by atoms with Gasteiger partial charge in [0.25, 0.3) is 0 Å². The first-order chi connectivity index (χ1) is 15.3. The SMILES string of the molecule is CN(C)CCCC(=O)OCc1ccc(-c2ccc(COC(=O)CCCN(C)C)cc2)cc1. The van der Waals surface area contributed by atoms with Gasteiger partial charge >= 0.3 is 11.9 Å². The Hall–Kier alpha value is -2.70. The van der Waals surface area contributed by atoms with Crippen molar-refractivity contribution in [1.82, 2.24) is 9.80 Å². The lowest BCUT2D eigenvalue weighted by molar-refractivity contribution is -0.146. The van der Waals surface area contributed by atoms with Crippen LogP contribution in [0.15, 0.2) is 48.5 Å². The van der Waals surface area contributed by atoms with Crippen molar-refractivity contribution in [2.75, 3.05) is 41.3 Å². The quantitative estimate of drug-likeness (QED) is 0.437. The van der Waals surface area contributed by atoms with Gasteiger partial charge in [0.05, 0.1) is 0 Å². The predicted octanol–water partition coefficient (Wildman–Crippen LogP) is 4.12. The molecule has 0 N–H and O–H groups in total. The second-order valence-corrected chi connectivity index (χ2v) is 8.53. The van der Waals surface area contributed by atoms with Crippen molar-refractivity contribution < 1.29 is 19.1 Å². The van der Waals surface area contributed by atoms with Crippen molar-refractivity contribution in [3.8, 4) is 11.1 Å². The number of hydrogen-bond acceptors (Lipinski definition) is 6. The lowest BCUT2D eigenvalue weighted by Crippen LogP contribution is -2.15. The molecule has 0 aliphatic carbocycles. The van der Waals surface area contributed by atoms with Crippen LogP contribution < -0.4 is 0 Å². The van der Waals surface area contributed by atoms with Crippen LogP contribution in [0.1, 0.15) is 36.8 Å². The molecule has 0 fully saturated rings. The Labute approximate surface area is 192 Å². The van der Waals surface area contributed by atoms with Crippen LogP contribution in [0.2, 0.25) is 0 Å². The zero-order chi connectivity index (χ0) is 23.3. The Kier molecular flexibility index (Phi) is 10.9. The van der Waals surface area contributed by atoms with Crippen molar-refractivity contribution in [3.05, 3.63) is 59.7 Å². The molecule has 0 aromatic heterocycles. The third kappa shape index (κ3) is 10.1. The zero-order valence-corrected chi connectivity index (χ0v) is 19.8. The normalized spacial score (nSPS) is 11.1. The average molecular weight is 441 g/mol. The van der Waals surface area contributed by atoms with Gasteiger partial charge in [-0.25, -0.2) is 0 Å². The first kappa shape index (κ1) is 25.6. The summed E-state index contributed by atoms with van der Waals surface area (Å²) in [5.41, 5.74) is 4.09. The minimum absolute atomic E-state index is 0.162. The average Bonchev–Trinajstić information content (AvgIpc) is 2.76. The van der Waals surface area contributed by atoms with Crippen molar-refractivity contribution >= 4 is 11.9 Å². The number of esters is 2. The predicted molar refractivity (Wildman–Crippen MR) is 127 cm³/mol. The molecule has 6 heteroatoms. The molecule has 0 saturated carbocycles. The molecule has 0 radical (unpaired) electrons. The van der Waals surface area contributed by atoms with Crippen LogP contribution in [0.25, 0.3) is 11.1 Å². The van der Waals surface area contributed by atoms with Crippen LogP contribution in [-0.4, -0.2) is 63.0 Å². The van der Waals surface area contributed by atoms with Crippen LogP contribution in [0.5, 0.6) is 0 Å². The van der Waals surface area contributed by atoms with E-state index < -0.39 is 0 Å². The van der Waals surface area contributed by atoms with Crippen molar-refractivity contribution in [1.29, 1.82) is 0 Å². The van der Waals surface area contributed by atoms with Gasteiger partial charge in [-0.1, -0.05) is 48.5 Å². The third-order valence-corrected chi connectivity index (χ3v) is 5.01. The van der Waals surface area contributed by atoms with Crippen LogP contribution in [0, 0.1) is 0 Å². The van der Waals surface area contributed by atoms with E-state index in [9.17, 15) is 9.59 Å². The van der Waals surface area contributed by atoms with E-state index in [1.54, 1.807) is 0 Å². The molecule has 174 valence electrons. The first-order valence-electron chi connectivity index (χ1n) is 11.1. The van der Waals surface area contributed by atoms with E-state index in [-0.39, 0.29) is 11.9 Å². The standard InChI is InChI=1S/C26H36N2O4/c1-27(2)17-5-7-25(29)31-19-21-9-13-23(14-10-21)24-15-11-22(12-16-24)20-32-26(30)8-6-18-28(3)4/h9-16H,5-8,17-20H2,1-4H3. The van der Waals surface area contributed by atoms with Gasteiger partial charge in [0, 0.05) is 12.8 Å². The summed E-state index contributed by atoms with van der Waals surface area (Å²) in [4.78, 5) is 27.7. The van der Waals surface area contributed by atoms with Gasteiger partial charge in [0.15, 0.2) is 0 Å². The van der Waals surface area contributed by atoms with E-state index in [1.807, 2.05) is 76.7 Å². The number of rotatable bonds is 13. The molecule has 0 spiro atoms. The fourth-order valence-electron chi connectivity index (χ4n) is 3.14. The number of ether oxygens (including phenoxy) is 2. The highest BCUT2D eigenvalue weighted by Gasteiger charge is 2.06. The molecule has 0 bridgehead atoms. The van der Waals surface area contributed by atoms with Crippen molar-refractivity contribution in [2.45, 2.75) is 38.9 Å². The lowest BCUT2D eigenvalue weighted by Gasteiger charge is -2.10. The maximum atomic E-state index is 11.8. The Morgan fingerprint density at radius 2 is 0.969 bits per heavy atom. The molecule has 0 aliphatic rings. The summed E-state index contributed by atoms with van der Waals surface area (Å²) in [5.74, 6) is -0.324. The van der Waals surface area contributed by atoms with E-state index in [0.29, 0.717) is 26.1 Å². The highest BCUT2D eigenvalue weighted by molar-refractivity contribution is 5.70. The van der Waals surface area contributed by atoms with Gasteiger partial charge in [-0.3, -0.25) is 9.59 Å². The van der Waals surface area contributed by atoms with Gasteiger partial charge in [0.1, 0.15) is 13.2 Å². The summed E-state index contributed by atoms with van der Waals surface area (Å²) in [6, 6.07) is 16.0. The van der Waals surface area contributed by atoms with Gasteiger partial charge < -0.3 is 19.3 Å². The number of benzene rings is 2. The van der Waals surface area contributed by atoms with Crippen LogP contribution in [-0.2, 0) is 32.3 Å². The molecular weight excluding hydrogens is 404 g/mol. The lowest BCUT2D eigenvalue weighted by atomic mass is 10.0. The third-order valence-electron chi connectivity index (χ3n) is 5.01. The molecular formula is C26H36N2O4. The largest absolute Gasteiger partial charge is 0.461 e. The van der Waals surface area contributed by atoms with Crippen molar-refractivity contribution in [2.24, 2.45) is 0 Å². The van der Waals surface area contributed by atoms with E-state index >= 15 is 0 Å². The summed E-state index contributed by atoms with van der Waals surface area (Å²) in [5, 5.41) is 0. The maximum Gasteiger partial charge on any atom is 0.306 e. The number of carbonyl (C=O) groups is 2. The van der Waals surface area contributed by atoms with E-state index in [2.05, 4.69) is 9.80 Å². The monoisotopic (exact) mass is 440 g/mol. The Balaban J connectivity index is 1.76. The van der Waals surface area contributed by atoms with Crippen LogP contribution in [0.4, 0.5) is 0 Å². The Bertz CT molecular complexity index is 758. The second-order valence-electron chi connectivity index (χ2n) is 8.53. The van der Waals surface area contributed by atoms with Gasteiger partial charge in [0.2, 0.25) is 0 Å². The zero-order valence-electron chi connectivity index (χ0n) is 19.8. The molecule has 0 aliphatic heterocycles. The molecule has 2 aromatic rings. The smallest absolute Gasteiger partial charge is 0.306 e. The topological polar surface area (TPSA) is 59.1 Å². The molecule has 0 saturated heterocycles. The number of nitrogens with zero attached hydrogens (tertiary/aromatic N) is 2. The second kappa shape index (κ2) is 13.7. The van der Waals surface area contributed by atoms with Crippen LogP contribution >= 0.6 is 0 Å². The van der Waals surface area contributed by atoms with E-state index in [4.69, 9.17) is 9.47 Å². The van der Waals surface area contributed by atoms with E-state index in [1.165, 1.54) is 0 Å². The first-order valence-corrected chi connectivity index (χ1v) is 11.1. The van der Waals surface area contributed by atoms with Crippen molar-refractivity contribution in [3.63, 3.8) is 0 Å². The van der Waals surface area contributed by atoms with E-state index in [0.717, 1.165) is 48.2 Å². The van der Waals surface area contributed by atoms with Gasteiger partial charge in [-0.2, -0.15) is 0 Å². The molecule has 32 heavy (non-hydrogen) atoms.